The first-order chi connectivity index (χ1) is 16.3. The van der Waals surface area contributed by atoms with Crippen LogP contribution in [0.5, 0.6) is 0 Å². The Morgan fingerprint density at radius 2 is 0.971 bits per heavy atom. The zero-order valence-corrected chi connectivity index (χ0v) is 22.2. The summed E-state index contributed by atoms with van der Waals surface area (Å²) in [7, 11) is 0. The number of fused-ring (bicyclic) bond motifs is 6. The van der Waals surface area contributed by atoms with E-state index in [1.165, 1.54) is 30.6 Å². The Labute approximate surface area is 211 Å². The Morgan fingerprint density at radius 1 is 0.559 bits per heavy atom. The Kier molecular flexibility index (Phi) is 4.23. The van der Waals surface area contributed by atoms with Crippen molar-refractivity contribution in [3.05, 3.63) is 77.7 Å². The molecule has 0 fully saturated rings. The molecule has 7 aromatic rings. The molecule has 2 nitrogen and oxygen atoms in total. The lowest BCUT2D eigenvalue weighted by atomic mass is 10.1. The van der Waals surface area contributed by atoms with Gasteiger partial charge in [0.25, 0.3) is 0 Å². The van der Waals surface area contributed by atoms with Crippen molar-refractivity contribution in [3.63, 3.8) is 0 Å². The molecule has 4 aromatic heterocycles. The molecular weight excluding hydrogens is 497 g/mol. The standard InChI is InChI=1S/C28H18O2S4/c1-11-5-19(31-9-11)25-13(3)21-23(29)15-8-18-16(7-17(15)27(21)33-25)24(30)22-14(4)26(34-28(18)22)20-6-12(2)10-32-20/h5-10H,1-4H3. The first-order valence-corrected chi connectivity index (χ1v) is 14.4. The molecule has 0 bridgehead atoms. The Bertz CT molecular complexity index is 1900. The molecule has 6 heteroatoms. The topological polar surface area (TPSA) is 34.1 Å². The first-order valence-electron chi connectivity index (χ1n) is 11.0. The predicted octanol–water partition coefficient (Wildman–Crippen LogP) is 8.71. The summed E-state index contributed by atoms with van der Waals surface area (Å²) < 4.78 is 2.02. The van der Waals surface area contributed by atoms with Crippen molar-refractivity contribution in [3.8, 4) is 19.5 Å². The van der Waals surface area contributed by atoms with Crippen LogP contribution in [-0.4, -0.2) is 0 Å². The maximum atomic E-state index is 13.6. The lowest BCUT2D eigenvalue weighted by Gasteiger charge is -1.96. The van der Waals surface area contributed by atoms with Gasteiger partial charge < -0.3 is 0 Å². The molecule has 4 heterocycles. The number of benzene rings is 1. The van der Waals surface area contributed by atoms with Gasteiger partial charge in [-0.25, -0.2) is 0 Å². The van der Waals surface area contributed by atoms with Crippen LogP contribution in [0.4, 0.5) is 0 Å². The summed E-state index contributed by atoms with van der Waals surface area (Å²) in [6.45, 7) is 8.30. The molecular formula is C28H18O2S4. The number of aryl methyl sites for hydroxylation is 4. The molecule has 0 aliphatic heterocycles. The third-order valence-electron chi connectivity index (χ3n) is 6.79. The van der Waals surface area contributed by atoms with Crippen molar-refractivity contribution >= 4 is 87.1 Å². The lowest BCUT2D eigenvalue weighted by molar-refractivity contribution is 1.55. The molecule has 0 saturated carbocycles. The molecule has 0 N–H and O–H groups in total. The second kappa shape index (κ2) is 6.95. The molecule has 166 valence electrons. The number of thiophene rings is 4. The molecule has 34 heavy (non-hydrogen) atoms. The van der Waals surface area contributed by atoms with E-state index in [0.29, 0.717) is 0 Å². The summed E-state index contributed by atoms with van der Waals surface area (Å²) in [6.07, 6.45) is 0. The molecule has 7 rings (SSSR count). The zero-order valence-electron chi connectivity index (χ0n) is 18.9. The Balaban J connectivity index is 1.55. The smallest absolute Gasteiger partial charge is 0.195 e. The zero-order chi connectivity index (χ0) is 23.5. The van der Waals surface area contributed by atoms with Gasteiger partial charge >= 0.3 is 0 Å². The monoisotopic (exact) mass is 514 g/mol. The highest BCUT2D eigenvalue weighted by atomic mass is 32.1. The van der Waals surface area contributed by atoms with Gasteiger partial charge in [0.05, 0.1) is 0 Å². The van der Waals surface area contributed by atoms with Crippen LogP contribution in [0.2, 0.25) is 0 Å². The van der Waals surface area contributed by atoms with Crippen LogP contribution >= 0.6 is 45.3 Å². The minimum atomic E-state index is 0.0874. The van der Waals surface area contributed by atoms with Crippen LogP contribution in [-0.2, 0) is 0 Å². The second-order valence-corrected chi connectivity index (χ2v) is 13.0. The van der Waals surface area contributed by atoms with E-state index in [4.69, 9.17) is 0 Å². The van der Waals surface area contributed by atoms with E-state index in [9.17, 15) is 9.59 Å². The minimum Gasteiger partial charge on any atom is -0.289 e. The third-order valence-corrected chi connectivity index (χ3v) is 11.9. The van der Waals surface area contributed by atoms with E-state index in [0.717, 1.165) is 52.8 Å². The average molecular weight is 515 g/mol. The third kappa shape index (κ3) is 2.60. The summed E-state index contributed by atoms with van der Waals surface area (Å²) in [5, 5.41) is 9.22. The van der Waals surface area contributed by atoms with Crippen LogP contribution in [0.3, 0.4) is 0 Å². The summed E-state index contributed by atoms with van der Waals surface area (Å²) in [5.74, 6) is 0. The largest absolute Gasteiger partial charge is 0.289 e. The molecule has 0 radical (unpaired) electrons. The fourth-order valence-electron chi connectivity index (χ4n) is 5.14. The average Bonchev–Trinajstić information content (AvgIpc) is 3.62. The van der Waals surface area contributed by atoms with Gasteiger partial charge in [0.2, 0.25) is 0 Å². The van der Waals surface area contributed by atoms with Crippen molar-refractivity contribution in [1.82, 2.24) is 0 Å². The van der Waals surface area contributed by atoms with Crippen LogP contribution in [0.15, 0.2) is 44.6 Å². The molecule has 0 aliphatic carbocycles. The SMILES string of the molecule is Cc1csc(-c2sc3c(c2C)c(=O)c2cc4c(cc23)c(=O)c2c(C)c(-c3cc(C)cs3)sc24)c1. The van der Waals surface area contributed by atoms with Crippen molar-refractivity contribution in [2.24, 2.45) is 0 Å². The van der Waals surface area contributed by atoms with Gasteiger partial charge in [-0.1, -0.05) is 0 Å². The molecule has 0 aliphatic rings. The second-order valence-electron chi connectivity index (χ2n) is 9.10. The van der Waals surface area contributed by atoms with Gasteiger partial charge in [-0.05, 0) is 85.0 Å². The van der Waals surface area contributed by atoms with Gasteiger partial charge in [0.1, 0.15) is 0 Å². The van der Waals surface area contributed by atoms with Crippen molar-refractivity contribution in [2.75, 3.05) is 0 Å². The fourth-order valence-corrected chi connectivity index (χ4v) is 9.96. The van der Waals surface area contributed by atoms with Gasteiger partial charge in [0.15, 0.2) is 10.9 Å². The number of rotatable bonds is 2. The van der Waals surface area contributed by atoms with Gasteiger partial charge in [-0.2, -0.15) is 0 Å². The van der Waals surface area contributed by atoms with Crippen LogP contribution < -0.4 is 10.9 Å². The Hall–Kier alpha value is -2.64. The summed E-state index contributed by atoms with van der Waals surface area (Å²) in [4.78, 5) is 31.9. The molecule has 0 amide bonds. The molecule has 3 aromatic carbocycles. The molecule has 0 atom stereocenters. The van der Waals surface area contributed by atoms with Crippen molar-refractivity contribution in [2.45, 2.75) is 27.7 Å². The number of hydrogen-bond acceptors (Lipinski definition) is 6. The maximum Gasteiger partial charge on any atom is 0.195 e. The fraction of sp³-hybridized carbons (Fsp3) is 0.143. The highest BCUT2D eigenvalue weighted by Crippen LogP contribution is 2.46. The highest BCUT2D eigenvalue weighted by molar-refractivity contribution is 7.27. The number of hydrogen-bond donors (Lipinski definition) is 0. The van der Waals surface area contributed by atoms with E-state index in [-0.39, 0.29) is 10.9 Å². The molecule has 0 unspecified atom stereocenters. The van der Waals surface area contributed by atoms with Gasteiger partial charge in [-0.15, -0.1) is 45.3 Å². The molecule has 0 spiro atoms. The first kappa shape index (κ1) is 20.7. The van der Waals surface area contributed by atoms with Gasteiger partial charge in [-0.3, -0.25) is 9.59 Å². The van der Waals surface area contributed by atoms with E-state index < -0.39 is 0 Å². The van der Waals surface area contributed by atoms with Gasteiger partial charge in [0, 0.05) is 61.2 Å². The summed E-state index contributed by atoms with van der Waals surface area (Å²) in [5.41, 5.74) is 4.76. The van der Waals surface area contributed by atoms with Crippen LogP contribution in [0.25, 0.3) is 61.2 Å². The van der Waals surface area contributed by atoms with E-state index >= 15 is 0 Å². The summed E-state index contributed by atoms with van der Waals surface area (Å²) in [6, 6.07) is 8.34. The summed E-state index contributed by atoms with van der Waals surface area (Å²) >= 11 is 6.80. The normalized spacial score (nSPS) is 12.4. The van der Waals surface area contributed by atoms with Crippen LogP contribution in [0, 0.1) is 27.7 Å². The predicted molar refractivity (Wildman–Crippen MR) is 153 cm³/mol. The minimum absolute atomic E-state index is 0.0874. The van der Waals surface area contributed by atoms with E-state index in [1.54, 1.807) is 45.3 Å². The van der Waals surface area contributed by atoms with Crippen molar-refractivity contribution in [1.29, 1.82) is 0 Å². The van der Waals surface area contributed by atoms with E-state index in [2.05, 4.69) is 50.6 Å². The quantitative estimate of drug-likeness (QED) is 0.231. The highest BCUT2D eigenvalue weighted by Gasteiger charge is 2.24. The molecule has 0 saturated heterocycles. The maximum absolute atomic E-state index is 13.6. The lowest BCUT2D eigenvalue weighted by Crippen LogP contribution is -1.97. The van der Waals surface area contributed by atoms with E-state index in [1.807, 2.05) is 12.1 Å². The van der Waals surface area contributed by atoms with Crippen LogP contribution in [0.1, 0.15) is 22.3 Å². The van der Waals surface area contributed by atoms with Crippen molar-refractivity contribution < 1.29 is 0 Å². The Morgan fingerprint density at radius 3 is 1.32 bits per heavy atom.